The van der Waals surface area contributed by atoms with E-state index in [0.717, 1.165) is 9.26 Å². The maximum absolute atomic E-state index is 5.76. The van der Waals surface area contributed by atoms with Crippen LogP contribution < -0.4 is 11.1 Å². The number of hydrogen-bond acceptors (Lipinski definition) is 1. The highest BCUT2D eigenvalue weighted by Crippen LogP contribution is 2.21. The fraction of sp³-hybridized carbons (Fsp3) is 0. The van der Waals surface area contributed by atoms with Crippen LogP contribution in [0.4, 0.5) is 5.69 Å². The Morgan fingerprint density at radius 2 is 2.25 bits per heavy atom. The predicted molar refractivity (Wildman–Crippen MR) is 64.6 cm³/mol. The number of hydrogen-bond donors (Lipinski definition) is 2. The van der Waals surface area contributed by atoms with Crippen molar-refractivity contribution in [1.82, 2.24) is 0 Å². The van der Waals surface area contributed by atoms with Crippen LogP contribution in [0.5, 0.6) is 0 Å². The number of nitrogens with two attached hydrogens (primary N) is 1. The lowest BCUT2D eigenvalue weighted by atomic mass is 10.3. The van der Waals surface area contributed by atoms with E-state index in [-0.39, 0.29) is 5.11 Å². The molecule has 0 spiro atoms. The molecule has 2 nitrogen and oxygen atoms in total. The molecule has 12 heavy (non-hydrogen) atoms. The molecule has 0 aliphatic carbocycles. The number of anilines is 1. The largest absolute Gasteiger partial charge is 0.376 e. The normalized spacial score (nSPS) is 9.50. The summed E-state index contributed by atoms with van der Waals surface area (Å²) in [7, 11) is 0. The Kier molecular flexibility index (Phi) is 3.54. The van der Waals surface area contributed by atoms with Crippen LogP contribution in [0.3, 0.4) is 0 Å². The third-order valence-corrected chi connectivity index (χ3v) is 2.42. The van der Waals surface area contributed by atoms with E-state index < -0.39 is 0 Å². The van der Waals surface area contributed by atoms with Gasteiger partial charge in [-0.3, -0.25) is 0 Å². The number of thiocarbonyl (C=S) groups is 1. The van der Waals surface area contributed by atoms with Crippen LogP contribution in [0.1, 0.15) is 0 Å². The van der Waals surface area contributed by atoms with Crippen molar-refractivity contribution in [3.8, 4) is 0 Å². The third kappa shape index (κ3) is 2.76. The topological polar surface area (TPSA) is 38.0 Å². The van der Waals surface area contributed by atoms with Crippen LogP contribution in [0.15, 0.2) is 18.2 Å². The van der Waals surface area contributed by atoms with E-state index in [0.29, 0.717) is 5.02 Å². The van der Waals surface area contributed by atoms with Gasteiger partial charge in [0.2, 0.25) is 0 Å². The van der Waals surface area contributed by atoms with Gasteiger partial charge in [0.25, 0.3) is 0 Å². The standard InChI is InChI=1S/C7H6ClIN2S/c8-4-1-2-6(5(9)3-4)11-7(10)12/h1-3H,(H3,10,11,12). The smallest absolute Gasteiger partial charge is 0.168 e. The van der Waals surface area contributed by atoms with Gasteiger partial charge < -0.3 is 11.1 Å². The number of benzene rings is 1. The molecule has 1 aromatic rings. The van der Waals surface area contributed by atoms with Crippen LogP contribution >= 0.6 is 46.4 Å². The molecule has 0 radical (unpaired) electrons. The molecule has 0 aliphatic rings. The molecule has 3 N–H and O–H groups in total. The Labute approximate surface area is 94.6 Å². The summed E-state index contributed by atoms with van der Waals surface area (Å²) in [5, 5.41) is 3.80. The van der Waals surface area contributed by atoms with Gasteiger partial charge in [-0.1, -0.05) is 11.6 Å². The minimum Gasteiger partial charge on any atom is -0.376 e. The second-order valence-corrected chi connectivity index (χ2v) is 4.15. The van der Waals surface area contributed by atoms with Gasteiger partial charge in [-0.2, -0.15) is 0 Å². The molecular weight excluding hydrogens is 307 g/mol. The van der Waals surface area contributed by atoms with Gasteiger partial charge in [0.05, 0.1) is 5.69 Å². The maximum atomic E-state index is 5.76. The Morgan fingerprint density at radius 3 is 2.75 bits per heavy atom. The summed E-state index contributed by atoms with van der Waals surface area (Å²) in [6, 6.07) is 5.45. The van der Waals surface area contributed by atoms with E-state index in [9.17, 15) is 0 Å². The predicted octanol–water partition coefficient (Wildman–Crippen LogP) is 2.60. The first kappa shape index (κ1) is 10.0. The molecule has 5 heteroatoms. The first-order valence-corrected chi connectivity index (χ1v) is 4.97. The van der Waals surface area contributed by atoms with E-state index in [4.69, 9.17) is 29.6 Å². The van der Waals surface area contributed by atoms with Crippen LogP contribution in [-0.2, 0) is 0 Å². The lowest BCUT2D eigenvalue weighted by Gasteiger charge is -2.05. The SMILES string of the molecule is NC(=S)Nc1ccc(Cl)cc1I. The highest BCUT2D eigenvalue weighted by Gasteiger charge is 1.99. The van der Waals surface area contributed by atoms with Crippen molar-refractivity contribution in [1.29, 1.82) is 0 Å². The second kappa shape index (κ2) is 4.25. The number of nitrogens with one attached hydrogen (secondary N) is 1. The summed E-state index contributed by atoms with van der Waals surface area (Å²) in [4.78, 5) is 0. The Balaban J connectivity index is 2.93. The molecule has 0 aromatic heterocycles. The summed E-state index contributed by atoms with van der Waals surface area (Å²) < 4.78 is 0.993. The molecule has 1 rings (SSSR count). The van der Waals surface area contributed by atoms with Crippen molar-refractivity contribution in [3.63, 3.8) is 0 Å². The molecular formula is C7H6ClIN2S. The summed E-state index contributed by atoms with van der Waals surface area (Å²) in [5.41, 5.74) is 6.20. The molecule has 1 aromatic carbocycles. The molecule has 64 valence electrons. The van der Waals surface area contributed by atoms with E-state index in [1.165, 1.54) is 0 Å². The number of halogens is 2. The summed E-state index contributed by atoms with van der Waals surface area (Å²) in [6.45, 7) is 0. The second-order valence-electron chi connectivity index (χ2n) is 2.11. The van der Waals surface area contributed by atoms with Crippen LogP contribution in [0.25, 0.3) is 0 Å². The van der Waals surface area contributed by atoms with Gasteiger partial charge in [-0.25, -0.2) is 0 Å². The van der Waals surface area contributed by atoms with Crippen molar-refractivity contribution in [3.05, 3.63) is 26.8 Å². The summed E-state index contributed by atoms with van der Waals surface area (Å²) in [6.07, 6.45) is 0. The van der Waals surface area contributed by atoms with Crippen LogP contribution in [-0.4, -0.2) is 5.11 Å². The van der Waals surface area contributed by atoms with Crippen molar-refractivity contribution in [2.24, 2.45) is 5.73 Å². The lowest BCUT2D eigenvalue weighted by molar-refractivity contribution is 1.57. The fourth-order valence-electron chi connectivity index (χ4n) is 0.724. The number of rotatable bonds is 1. The van der Waals surface area contributed by atoms with Crippen molar-refractivity contribution in [2.75, 3.05) is 5.32 Å². The van der Waals surface area contributed by atoms with Gasteiger partial charge in [0, 0.05) is 8.59 Å². The molecule has 0 saturated carbocycles. The molecule has 0 atom stereocenters. The van der Waals surface area contributed by atoms with Crippen molar-refractivity contribution >= 4 is 57.2 Å². The Hall–Kier alpha value is -0.0700. The maximum Gasteiger partial charge on any atom is 0.168 e. The lowest BCUT2D eigenvalue weighted by Crippen LogP contribution is -2.19. The molecule has 0 unspecified atom stereocenters. The quantitative estimate of drug-likeness (QED) is 0.618. The Morgan fingerprint density at radius 1 is 1.58 bits per heavy atom. The van der Waals surface area contributed by atoms with E-state index in [2.05, 4.69) is 27.9 Å². The van der Waals surface area contributed by atoms with E-state index >= 15 is 0 Å². The summed E-state index contributed by atoms with van der Waals surface area (Å²) >= 11 is 12.6. The average Bonchev–Trinajstić information content (AvgIpc) is 1.94. The van der Waals surface area contributed by atoms with Crippen LogP contribution in [0, 0.1) is 3.57 Å². The van der Waals surface area contributed by atoms with E-state index in [1.807, 2.05) is 12.1 Å². The molecule has 0 fully saturated rings. The minimum atomic E-state index is 0.259. The monoisotopic (exact) mass is 312 g/mol. The first-order chi connectivity index (χ1) is 5.59. The zero-order valence-electron chi connectivity index (χ0n) is 5.97. The van der Waals surface area contributed by atoms with Crippen LogP contribution in [0.2, 0.25) is 5.02 Å². The minimum absolute atomic E-state index is 0.259. The molecule has 0 bridgehead atoms. The van der Waals surface area contributed by atoms with Gasteiger partial charge in [-0.05, 0) is 53.0 Å². The highest BCUT2D eigenvalue weighted by atomic mass is 127. The third-order valence-electron chi connectivity index (χ3n) is 1.19. The zero-order chi connectivity index (χ0) is 9.14. The first-order valence-electron chi connectivity index (χ1n) is 3.11. The van der Waals surface area contributed by atoms with Gasteiger partial charge in [-0.15, -0.1) is 0 Å². The highest BCUT2D eigenvalue weighted by molar-refractivity contribution is 14.1. The van der Waals surface area contributed by atoms with Gasteiger partial charge >= 0.3 is 0 Å². The van der Waals surface area contributed by atoms with Crippen molar-refractivity contribution < 1.29 is 0 Å². The zero-order valence-corrected chi connectivity index (χ0v) is 9.70. The van der Waals surface area contributed by atoms with Gasteiger partial charge in [0.15, 0.2) is 5.11 Å². The Bertz CT molecular complexity index is 316. The summed E-state index contributed by atoms with van der Waals surface area (Å²) in [5.74, 6) is 0. The molecule has 0 amide bonds. The molecule has 0 heterocycles. The van der Waals surface area contributed by atoms with Crippen molar-refractivity contribution in [2.45, 2.75) is 0 Å². The average molecular weight is 313 g/mol. The molecule has 0 aliphatic heterocycles. The fourth-order valence-corrected chi connectivity index (χ4v) is 1.84. The van der Waals surface area contributed by atoms with E-state index in [1.54, 1.807) is 6.07 Å². The van der Waals surface area contributed by atoms with Gasteiger partial charge in [0.1, 0.15) is 0 Å². The molecule has 0 saturated heterocycles.